The van der Waals surface area contributed by atoms with Crippen LogP contribution in [0.2, 0.25) is 0 Å². The maximum atomic E-state index is 9.67. The fourth-order valence-electron chi connectivity index (χ4n) is 3.18. The molecular formula is C15H24N2O. The molecule has 2 rings (SSSR count). The van der Waals surface area contributed by atoms with Gasteiger partial charge < -0.3 is 14.9 Å². The number of aliphatic hydroxyl groups is 1. The van der Waals surface area contributed by atoms with Crippen molar-refractivity contribution >= 4 is 5.69 Å². The van der Waals surface area contributed by atoms with Crippen molar-refractivity contribution in [1.29, 1.82) is 0 Å². The van der Waals surface area contributed by atoms with Gasteiger partial charge in [0.15, 0.2) is 0 Å². The fourth-order valence-corrected chi connectivity index (χ4v) is 3.18. The zero-order valence-electron chi connectivity index (χ0n) is 11.8. The average Bonchev–Trinajstić information content (AvgIpc) is 2.30. The molecule has 1 saturated heterocycles. The van der Waals surface area contributed by atoms with E-state index in [1.165, 1.54) is 16.8 Å². The summed E-state index contributed by atoms with van der Waals surface area (Å²) in [5.41, 5.74) is 3.90. The first-order chi connectivity index (χ1) is 8.54. The molecule has 0 amide bonds. The lowest BCUT2D eigenvalue weighted by Gasteiger charge is -2.46. The monoisotopic (exact) mass is 248 g/mol. The van der Waals surface area contributed by atoms with E-state index in [0.717, 1.165) is 13.1 Å². The number of para-hydroxylation sites is 1. The number of nitrogens with zero attached hydrogens (tertiary/aromatic N) is 2. The second-order valence-electron chi connectivity index (χ2n) is 5.55. The van der Waals surface area contributed by atoms with E-state index in [9.17, 15) is 5.11 Å². The third kappa shape index (κ3) is 2.38. The molecule has 1 N–H and O–H groups in total. The molecular weight excluding hydrogens is 224 g/mol. The minimum atomic E-state index is 0.193. The van der Waals surface area contributed by atoms with Crippen LogP contribution in [0.25, 0.3) is 0 Å². The largest absolute Gasteiger partial charge is 0.394 e. The highest BCUT2D eigenvalue weighted by Gasteiger charge is 2.31. The normalized spacial score (nSPS) is 25.5. The van der Waals surface area contributed by atoms with Crippen LogP contribution < -0.4 is 4.90 Å². The zero-order chi connectivity index (χ0) is 13.3. The van der Waals surface area contributed by atoms with E-state index in [0.29, 0.717) is 6.04 Å². The van der Waals surface area contributed by atoms with Crippen LogP contribution in [0.3, 0.4) is 0 Å². The second kappa shape index (κ2) is 5.29. The molecule has 0 bridgehead atoms. The summed E-state index contributed by atoms with van der Waals surface area (Å²) in [4.78, 5) is 4.71. The Hall–Kier alpha value is -1.06. The van der Waals surface area contributed by atoms with Gasteiger partial charge in [-0.1, -0.05) is 18.2 Å². The number of piperazine rings is 1. The molecule has 18 heavy (non-hydrogen) atoms. The molecule has 0 radical (unpaired) electrons. The van der Waals surface area contributed by atoms with Crippen LogP contribution in [0.4, 0.5) is 5.69 Å². The summed E-state index contributed by atoms with van der Waals surface area (Å²) in [5, 5.41) is 9.67. The Morgan fingerprint density at radius 3 is 2.39 bits per heavy atom. The summed E-state index contributed by atoms with van der Waals surface area (Å²) in [6.45, 7) is 8.73. The van der Waals surface area contributed by atoms with Gasteiger partial charge in [-0.15, -0.1) is 0 Å². The Kier molecular flexibility index (Phi) is 3.93. The molecule has 100 valence electrons. The van der Waals surface area contributed by atoms with Gasteiger partial charge in [0.1, 0.15) is 0 Å². The number of hydrogen-bond acceptors (Lipinski definition) is 3. The lowest BCUT2D eigenvalue weighted by Crippen LogP contribution is -2.58. The van der Waals surface area contributed by atoms with Gasteiger partial charge in [0.2, 0.25) is 0 Å². The molecule has 0 saturated carbocycles. The van der Waals surface area contributed by atoms with Crippen LogP contribution in [0.5, 0.6) is 0 Å². The van der Waals surface area contributed by atoms with E-state index in [2.05, 4.69) is 55.8 Å². The van der Waals surface area contributed by atoms with Crippen molar-refractivity contribution in [2.45, 2.75) is 32.9 Å². The lowest BCUT2D eigenvalue weighted by molar-refractivity contribution is 0.171. The molecule has 3 heteroatoms. The van der Waals surface area contributed by atoms with Crippen molar-refractivity contribution in [3.63, 3.8) is 0 Å². The summed E-state index contributed by atoms with van der Waals surface area (Å²) in [5.74, 6) is 0. The molecule has 1 aromatic rings. The van der Waals surface area contributed by atoms with Crippen LogP contribution in [0, 0.1) is 13.8 Å². The minimum absolute atomic E-state index is 0.193. The van der Waals surface area contributed by atoms with Crippen LogP contribution in [0.1, 0.15) is 18.1 Å². The van der Waals surface area contributed by atoms with E-state index < -0.39 is 0 Å². The Balaban J connectivity index is 2.40. The number of anilines is 1. The smallest absolute Gasteiger partial charge is 0.0651 e. The predicted octanol–water partition coefficient (Wildman–Crippen LogP) is 1.80. The molecule has 1 aromatic carbocycles. The van der Waals surface area contributed by atoms with E-state index in [4.69, 9.17) is 0 Å². The highest BCUT2D eigenvalue weighted by Crippen LogP contribution is 2.30. The molecule has 2 atom stereocenters. The topological polar surface area (TPSA) is 26.7 Å². The zero-order valence-corrected chi connectivity index (χ0v) is 11.8. The van der Waals surface area contributed by atoms with Gasteiger partial charge in [-0.3, -0.25) is 0 Å². The summed E-state index contributed by atoms with van der Waals surface area (Å²) >= 11 is 0. The van der Waals surface area contributed by atoms with Crippen molar-refractivity contribution in [3.05, 3.63) is 29.3 Å². The number of aliphatic hydroxyl groups excluding tert-OH is 1. The molecule has 0 aliphatic carbocycles. The second-order valence-corrected chi connectivity index (χ2v) is 5.55. The Morgan fingerprint density at radius 2 is 1.83 bits per heavy atom. The Labute approximate surface area is 110 Å². The molecule has 1 heterocycles. The molecule has 2 unspecified atom stereocenters. The number of hydrogen-bond donors (Lipinski definition) is 1. The van der Waals surface area contributed by atoms with Crippen molar-refractivity contribution in [3.8, 4) is 0 Å². The fraction of sp³-hybridized carbons (Fsp3) is 0.600. The predicted molar refractivity (Wildman–Crippen MR) is 76.2 cm³/mol. The quantitative estimate of drug-likeness (QED) is 0.864. The first-order valence-electron chi connectivity index (χ1n) is 6.68. The van der Waals surface area contributed by atoms with Gasteiger partial charge in [0.05, 0.1) is 12.6 Å². The van der Waals surface area contributed by atoms with Crippen LogP contribution in [-0.4, -0.2) is 48.8 Å². The van der Waals surface area contributed by atoms with Crippen molar-refractivity contribution < 1.29 is 5.11 Å². The number of aryl methyl sites for hydroxylation is 2. The van der Waals surface area contributed by atoms with E-state index in [1.54, 1.807) is 0 Å². The first-order valence-corrected chi connectivity index (χ1v) is 6.68. The van der Waals surface area contributed by atoms with E-state index in [1.807, 2.05) is 0 Å². The summed E-state index contributed by atoms with van der Waals surface area (Å²) in [7, 11) is 2.13. The first kappa shape index (κ1) is 13.4. The Morgan fingerprint density at radius 1 is 1.22 bits per heavy atom. The van der Waals surface area contributed by atoms with Crippen molar-refractivity contribution in [1.82, 2.24) is 4.90 Å². The van der Waals surface area contributed by atoms with Crippen molar-refractivity contribution in [2.24, 2.45) is 0 Å². The van der Waals surface area contributed by atoms with Gasteiger partial charge in [-0.2, -0.15) is 0 Å². The van der Waals surface area contributed by atoms with Gasteiger partial charge in [0.25, 0.3) is 0 Å². The summed E-state index contributed by atoms with van der Waals surface area (Å²) < 4.78 is 0. The number of likely N-dealkylation sites (N-methyl/N-ethyl adjacent to an activating group) is 1. The number of benzene rings is 1. The molecule has 3 nitrogen and oxygen atoms in total. The van der Waals surface area contributed by atoms with E-state index >= 15 is 0 Å². The van der Waals surface area contributed by atoms with Crippen LogP contribution >= 0.6 is 0 Å². The van der Waals surface area contributed by atoms with Crippen LogP contribution in [-0.2, 0) is 0 Å². The highest BCUT2D eigenvalue weighted by atomic mass is 16.3. The molecule has 0 aromatic heterocycles. The minimum Gasteiger partial charge on any atom is -0.394 e. The Bertz CT molecular complexity index is 399. The van der Waals surface area contributed by atoms with Crippen molar-refractivity contribution in [2.75, 3.05) is 31.6 Å². The maximum absolute atomic E-state index is 9.67. The average molecular weight is 248 g/mol. The third-order valence-electron chi connectivity index (χ3n) is 3.88. The number of rotatable bonds is 2. The summed E-state index contributed by atoms with van der Waals surface area (Å²) in [6.07, 6.45) is 0. The van der Waals surface area contributed by atoms with Gasteiger partial charge >= 0.3 is 0 Å². The molecule has 0 spiro atoms. The van der Waals surface area contributed by atoms with E-state index in [-0.39, 0.29) is 12.6 Å². The lowest BCUT2D eigenvalue weighted by atomic mass is 10.0. The maximum Gasteiger partial charge on any atom is 0.0651 e. The highest BCUT2D eigenvalue weighted by molar-refractivity contribution is 5.60. The molecule has 1 aliphatic heterocycles. The van der Waals surface area contributed by atoms with Gasteiger partial charge in [-0.05, 0) is 38.9 Å². The third-order valence-corrected chi connectivity index (χ3v) is 3.88. The standard InChI is InChI=1S/C15H24N2O/c1-11-6-5-7-12(2)15(11)17-13(3)8-16(4)9-14(17)10-18/h5-7,13-14,18H,8-10H2,1-4H3. The molecule has 1 fully saturated rings. The molecule has 1 aliphatic rings. The SMILES string of the molecule is Cc1cccc(C)c1N1C(C)CN(C)CC1CO. The van der Waals surface area contributed by atoms with Gasteiger partial charge in [-0.25, -0.2) is 0 Å². The summed E-state index contributed by atoms with van der Waals surface area (Å²) in [6, 6.07) is 7.03. The van der Waals surface area contributed by atoms with Crippen LogP contribution in [0.15, 0.2) is 18.2 Å². The van der Waals surface area contributed by atoms with Gasteiger partial charge in [0, 0.05) is 24.8 Å².